The second-order valence-electron chi connectivity index (χ2n) is 7.66. The van der Waals surface area contributed by atoms with Gasteiger partial charge in [0.2, 0.25) is 5.91 Å². The first-order valence-electron chi connectivity index (χ1n) is 10.4. The molecule has 1 aromatic heterocycles. The third-order valence-corrected chi connectivity index (χ3v) is 6.46. The minimum atomic E-state index is -0.545. The smallest absolute Gasteiger partial charge is 0.328 e. The van der Waals surface area contributed by atoms with Crippen LogP contribution in [-0.4, -0.2) is 50.9 Å². The molecule has 8 nitrogen and oxygen atoms in total. The van der Waals surface area contributed by atoms with Crippen molar-refractivity contribution in [3.05, 3.63) is 74.4 Å². The second kappa shape index (κ2) is 9.44. The quantitative estimate of drug-likeness (QED) is 0.618. The monoisotopic (exact) mass is 452 g/mol. The number of carbonyl (C=O) groups excluding carboxylic acids is 2. The number of carbonyl (C=O) groups is 2. The Kier molecular flexibility index (Phi) is 6.45. The summed E-state index contributed by atoms with van der Waals surface area (Å²) in [6.45, 7) is 3.47. The Morgan fingerprint density at radius 1 is 1.09 bits per heavy atom. The Balaban J connectivity index is 1.44. The first-order chi connectivity index (χ1) is 15.4. The van der Waals surface area contributed by atoms with Crippen molar-refractivity contribution in [3.8, 4) is 0 Å². The average molecular weight is 453 g/mol. The van der Waals surface area contributed by atoms with Crippen LogP contribution in [0.2, 0.25) is 0 Å². The van der Waals surface area contributed by atoms with E-state index >= 15 is 0 Å². The summed E-state index contributed by atoms with van der Waals surface area (Å²) in [7, 11) is 0. The molecule has 1 aliphatic rings. The highest BCUT2D eigenvalue weighted by Crippen LogP contribution is 2.20. The lowest BCUT2D eigenvalue weighted by molar-refractivity contribution is -0.116. The first-order valence-corrected chi connectivity index (χ1v) is 11.6. The molecule has 32 heavy (non-hydrogen) atoms. The Hall–Kier alpha value is -3.33. The number of aryl methyl sites for hydroxylation is 2. The van der Waals surface area contributed by atoms with Gasteiger partial charge in [-0.05, 0) is 42.8 Å². The Morgan fingerprint density at radius 3 is 2.59 bits per heavy atom. The highest BCUT2D eigenvalue weighted by atomic mass is 32.2. The van der Waals surface area contributed by atoms with Crippen molar-refractivity contribution in [2.45, 2.75) is 19.9 Å². The Bertz CT molecular complexity index is 1290. The normalized spacial score (nSPS) is 13.8. The highest BCUT2D eigenvalue weighted by Gasteiger charge is 2.19. The summed E-state index contributed by atoms with van der Waals surface area (Å²) in [5.74, 6) is 1.65. The number of aromatic nitrogens is 2. The first kappa shape index (κ1) is 21.9. The minimum absolute atomic E-state index is 0.00981. The third kappa shape index (κ3) is 4.62. The topological polar surface area (TPSA) is 104 Å². The van der Waals surface area contributed by atoms with Gasteiger partial charge in [-0.3, -0.25) is 23.9 Å². The largest absolute Gasteiger partial charge is 0.337 e. The molecule has 9 heteroatoms. The number of benzene rings is 2. The molecule has 2 heterocycles. The van der Waals surface area contributed by atoms with E-state index < -0.39 is 11.2 Å². The van der Waals surface area contributed by atoms with E-state index in [-0.39, 0.29) is 24.8 Å². The molecule has 2 amide bonds. The van der Waals surface area contributed by atoms with E-state index in [0.29, 0.717) is 22.2 Å². The maximum atomic E-state index is 12.7. The molecule has 3 aromatic rings. The van der Waals surface area contributed by atoms with Gasteiger partial charge in [0.25, 0.3) is 11.5 Å². The summed E-state index contributed by atoms with van der Waals surface area (Å²) in [5, 5.41) is 3.25. The highest BCUT2D eigenvalue weighted by molar-refractivity contribution is 7.99. The summed E-state index contributed by atoms with van der Waals surface area (Å²) < 4.78 is 1.39. The fraction of sp³-hybridized carbons (Fsp3) is 0.304. The molecule has 0 spiro atoms. The van der Waals surface area contributed by atoms with Gasteiger partial charge >= 0.3 is 5.69 Å². The molecule has 0 atom stereocenters. The maximum Gasteiger partial charge on any atom is 0.328 e. The summed E-state index contributed by atoms with van der Waals surface area (Å²) in [4.78, 5) is 53.6. The van der Waals surface area contributed by atoms with Crippen LogP contribution in [0.3, 0.4) is 0 Å². The molecule has 0 unspecified atom stereocenters. The standard InChI is InChI=1S/C23H24N4O4S/c1-15-14-16(22(30)26-10-12-32-13-11-26)6-7-18(15)24-20(28)8-9-27-19-5-3-2-4-17(19)21(29)25-23(27)31/h2-7,14H,8-13H2,1H3,(H,24,28)(H,25,29,31). The molecular weight excluding hydrogens is 428 g/mol. The molecule has 2 N–H and O–H groups in total. The van der Waals surface area contributed by atoms with Crippen molar-refractivity contribution < 1.29 is 9.59 Å². The molecular formula is C23H24N4O4S. The number of fused-ring (bicyclic) bond motifs is 1. The fourth-order valence-electron chi connectivity index (χ4n) is 3.78. The zero-order chi connectivity index (χ0) is 22.7. The van der Waals surface area contributed by atoms with Gasteiger partial charge in [-0.25, -0.2) is 4.79 Å². The van der Waals surface area contributed by atoms with E-state index in [1.165, 1.54) is 4.57 Å². The number of hydrogen-bond acceptors (Lipinski definition) is 5. The minimum Gasteiger partial charge on any atom is -0.337 e. The van der Waals surface area contributed by atoms with Crippen LogP contribution in [-0.2, 0) is 11.3 Å². The van der Waals surface area contributed by atoms with Crippen LogP contribution in [0, 0.1) is 6.92 Å². The van der Waals surface area contributed by atoms with E-state index in [4.69, 9.17) is 0 Å². The number of hydrogen-bond donors (Lipinski definition) is 2. The lowest BCUT2D eigenvalue weighted by atomic mass is 10.1. The molecule has 4 rings (SSSR count). The van der Waals surface area contributed by atoms with Crippen LogP contribution in [0.1, 0.15) is 22.3 Å². The molecule has 0 saturated carbocycles. The van der Waals surface area contributed by atoms with Crippen molar-refractivity contribution in [2.24, 2.45) is 0 Å². The lowest BCUT2D eigenvalue weighted by Crippen LogP contribution is -2.37. The number of aromatic amines is 1. The molecule has 166 valence electrons. The SMILES string of the molecule is Cc1cc(C(=O)N2CCSCC2)ccc1NC(=O)CCn1c(=O)[nH]c(=O)c2ccccc21. The fourth-order valence-corrected chi connectivity index (χ4v) is 4.68. The number of para-hydroxylation sites is 1. The van der Waals surface area contributed by atoms with E-state index in [2.05, 4.69) is 10.3 Å². The number of rotatable bonds is 5. The van der Waals surface area contributed by atoms with E-state index in [1.54, 1.807) is 42.5 Å². The molecule has 0 radical (unpaired) electrons. The predicted octanol–water partition coefficient (Wildman–Crippen LogP) is 2.22. The average Bonchev–Trinajstić information content (AvgIpc) is 2.80. The van der Waals surface area contributed by atoms with Gasteiger partial charge in [-0.15, -0.1) is 0 Å². The molecule has 0 bridgehead atoms. The van der Waals surface area contributed by atoms with Crippen LogP contribution in [0.5, 0.6) is 0 Å². The third-order valence-electron chi connectivity index (χ3n) is 5.51. The summed E-state index contributed by atoms with van der Waals surface area (Å²) in [5.41, 5.74) is 1.53. The molecule has 0 aliphatic carbocycles. The van der Waals surface area contributed by atoms with Crippen molar-refractivity contribution >= 4 is 40.2 Å². The van der Waals surface area contributed by atoms with Crippen LogP contribution in [0.15, 0.2) is 52.1 Å². The summed E-state index contributed by atoms with van der Waals surface area (Å²) >= 11 is 1.85. The molecule has 1 fully saturated rings. The van der Waals surface area contributed by atoms with Crippen molar-refractivity contribution in [1.29, 1.82) is 0 Å². The molecule has 2 aromatic carbocycles. The number of thioether (sulfide) groups is 1. The van der Waals surface area contributed by atoms with Crippen LogP contribution < -0.4 is 16.6 Å². The van der Waals surface area contributed by atoms with Crippen molar-refractivity contribution in [3.63, 3.8) is 0 Å². The summed E-state index contributed by atoms with van der Waals surface area (Å²) in [6.07, 6.45) is 0.0571. The van der Waals surface area contributed by atoms with E-state index in [9.17, 15) is 19.2 Å². The number of amides is 2. The zero-order valence-corrected chi connectivity index (χ0v) is 18.5. The Morgan fingerprint density at radius 2 is 1.84 bits per heavy atom. The number of nitrogens with one attached hydrogen (secondary N) is 2. The van der Waals surface area contributed by atoms with Gasteiger partial charge in [-0.2, -0.15) is 11.8 Å². The van der Waals surface area contributed by atoms with E-state index in [1.807, 2.05) is 23.6 Å². The van der Waals surface area contributed by atoms with Crippen molar-refractivity contribution in [1.82, 2.24) is 14.5 Å². The van der Waals surface area contributed by atoms with Gasteiger partial charge in [0.05, 0.1) is 10.9 Å². The van der Waals surface area contributed by atoms with E-state index in [0.717, 1.165) is 30.2 Å². The van der Waals surface area contributed by atoms with Gasteiger partial charge in [0.1, 0.15) is 0 Å². The maximum absolute atomic E-state index is 12.7. The van der Waals surface area contributed by atoms with Gasteiger partial charge in [-0.1, -0.05) is 12.1 Å². The summed E-state index contributed by atoms with van der Waals surface area (Å²) in [6, 6.07) is 12.0. The molecule has 1 saturated heterocycles. The molecule has 1 aliphatic heterocycles. The number of H-pyrrole nitrogens is 1. The number of anilines is 1. The van der Waals surface area contributed by atoms with Crippen LogP contribution in [0.25, 0.3) is 10.9 Å². The number of nitrogens with zero attached hydrogens (tertiary/aromatic N) is 2. The zero-order valence-electron chi connectivity index (χ0n) is 17.7. The van der Waals surface area contributed by atoms with Gasteiger partial charge in [0, 0.05) is 48.8 Å². The van der Waals surface area contributed by atoms with Gasteiger partial charge in [0.15, 0.2) is 0 Å². The van der Waals surface area contributed by atoms with Crippen molar-refractivity contribution in [2.75, 3.05) is 29.9 Å². The van der Waals surface area contributed by atoms with Crippen LogP contribution in [0.4, 0.5) is 5.69 Å². The Labute approximate surface area is 188 Å². The van der Waals surface area contributed by atoms with Gasteiger partial charge < -0.3 is 10.2 Å². The predicted molar refractivity (Wildman–Crippen MR) is 126 cm³/mol. The van der Waals surface area contributed by atoms with Crippen LogP contribution >= 0.6 is 11.8 Å². The second-order valence-corrected chi connectivity index (χ2v) is 8.89. The lowest BCUT2D eigenvalue weighted by Gasteiger charge is -2.26.